The number of nitrogens with one attached hydrogen (secondary N) is 2. The third-order valence-corrected chi connectivity index (χ3v) is 2.91. The molecule has 6 nitrogen and oxygen atoms in total. The molecule has 0 aliphatic heterocycles. The van der Waals surface area contributed by atoms with Crippen LogP contribution in [-0.2, 0) is 6.54 Å². The zero-order valence-corrected chi connectivity index (χ0v) is 11.1. The second-order valence-corrected chi connectivity index (χ2v) is 4.54. The molecular weight excluding hydrogens is 278 g/mol. The molecule has 0 aromatic carbocycles. The first-order valence-corrected chi connectivity index (χ1v) is 6.29. The minimum atomic E-state index is -0.282. The summed E-state index contributed by atoms with van der Waals surface area (Å²) in [5.74, 6) is 0.357. The number of fused-ring (bicyclic) bond motifs is 1. The second-order valence-electron chi connectivity index (χ2n) is 4.10. The summed E-state index contributed by atoms with van der Waals surface area (Å²) < 4.78 is 0. The Morgan fingerprint density at radius 1 is 1.30 bits per heavy atom. The van der Waals surface area contributed by atoms with Gasteiger partial charge in [0, 0.05) is 12.4 Å². The minimum absolute atomic E-state index is 0.277. The maximum atomic E-state index is 11.9. The topological polar surface area (TPSA) is 83.6 Å². The normalized spacial score (nSPS) is 10.7. The highest BCUT2D eigenvalue weighted by Crippen LogP contribution is 2.08. The molecule has 3 heterocycles. The molecule has 0 saturated carbocycles. The van der Waals surface area contributed by atoms with E-state index in [4.69, 9.17) is 11.6 Å². The fourth-order valence-corrected chi connectivity index (χ4v) is 1.86. The zero-order valence-electron chi connectivity index (χ0n) is 10.3. The van der Waals surface area contributed by atoms with Gasteiger partial charge < -0.3 is 10.3 Å². The first-order valence-electron chi connectivity index (χ1n) is 5.92. The lowest BCUT2D eigenvalue weighted by Gasteiger charge is -2.02. The van der Waals surface area contributed by atoms with Crippen LogP contribution in [0.4, 0.5) is 0 Å². The second kappa shape index (κ2) is 5.26. The van der Waals surface area contributed by atoms with Gasteiger partial charge in [-0.3, -0.25) is 4.79 Å². The van der Waals surface area contributed by atoms with Gasteiger partial charge in [0.05, 0.1) is 17.1 Å². The van der Waals surface area contributed by atoms with Gasteiger partial charge >= 0.3 is 0 Å². The standard InChI is InChI=1S/C13H10ClN5O/c14-8-3-4-10(16-6-8)13(20)17-7-11-18-9-2-1-5-15-12(9)19-11/h1-6H,7H2,(H,17,20)(H,15,18,19). The molecule has 3 aromatic heterocycles. The molecule has 0 bridgehead atoms. The van der Waals surface area contributed by atoms with Crippen molar-refractivity contribution in [2.75, 3.05) is 0 Å². The Morgan fingerprint density at radius 2 is 2.20 bits per heavy atom. The van der Waals surface area contributed by atoms with Crippen LogP contribution in [0.5, 0.6) is 0 Å². The van der Waals surface area contributed by atoms with E-state index in [1.807, 2.05) is 12.1 Å². The third kappa shape index (κ3) is 2.60. The van der Waals surface area contributed by atoms with Crippen LogP contribution in [0.25, 0.3) is 11.2 Å². The number of imidazole rings is 1. The van der Waals surface area contributed by atoms with E-state index < -0.39 is 0 Å². The van der Waals surface area contributed by atoms with Crippen LogP contribution in [0.2, 0.25) is 5.02 Å². The fourth-order valence-electron chi connectivity index (χ4n) is 1.74. The van der Waals surface area contributed by atoms with Crippen molar-refractivity contribution in [3.05, 3.63) is 53.2 Å². The van der Waals surface area contributed by atoms with Crippen LogP contribution < -0.4 is 5.32 Å². The molecular formula is C13H10ClN5O. The molecule has 0 saturated heterocycles. The Labute approximate surface area is 119 Å². The number of aromatic amines is 1. The first-order chi connectivity index (χ1) is 9.72. The molecule has 3 rings (SSSR count). The van der Waals surface area contributed by atoms with Crippen LogP contribution in [0.3, 0.4) is 0 Å². The fraction of sp³-hybridized carbons (Fsp3) is 0.0769. The van der Waals surface area contributed by atoms with Gasteiger partial charge in [-0.15, -0.1) is 0 Å². The van der Waals surface area contributed by atoms with Crippen LogP contribution in [0.15, 0.2) is 36.7 Å². The summed E-state index contributed by atoms with van der Waals surface area (Å²) in [5, 5.41) is 3.22. The van der Waals surface area contributed by atoms with Gasteiger partial charge in [0.25, 0.3) is 5.91 Å². The maximum Gasteiger partial charge on any atom is 0.270 e. The number of halogens is 1. The van der Waals surface area contributed by atoms with E-state index in [1.165, 1.54) is 6.20 Å². The quantitative estimate of drug-likeness (QED) is 0.771. The molecule has 0 atom stereocenters. The number of aromatic nitrogens is 4. The van der Waals surface area contributed by atoms with E-state index in [2.05, 4.69) is 25.3 Å². The minimum Gasteiger partial charge on any atom is -0.343 e. The molecule has 0 aliphatic carbocycles. The predicted molar refractivity (Wildman–Crippen MR) is 74.3 cm³/mol. The van der Waals surface area contributed by atoms with Crippen molar-refractivity contribution in [1.82, 2.24) is 25.3 Å². The van der Waals surface area contributed by atoms with Gasteiger partial charge in [0.1, 0.15) is 11.5 Å². The Balaban J connectivity index is 1.69. The van der Waals surface area contributed by atoms with Gasteiger partial charge in [-0.05, 0) is 24.3 Å². The van der Waals surface area contributed by atoms with E-state index in [1.54, 1.807) is 18.3 Å². The highest BCUT2D eigenvalue weighted by atomic mass is 35.5. The molecule has 3 aromatic rings. The lowest BCUT2D eigenvalue weighted by molar-refractivity contribution is 0.0945. The summed E-state index contributed by atoms with van der Waals surface area (Å²) in [5.41, 5.74) is 1.77. The third-order valence-electron chi connectivity index (χ3n) is 2.68. The number of nitrogens with zero attached hydrogens (tertiary/aromatic N) is 3. The number of carbonyl (C=O) groups is 1. The monoisotopic (exact) mass is 287 g/mol. The average Bonchev–Trinajstić information content (AvgIpc) is 2.88. The highest BCUT2D eigenvalue weighted by Gasteiger charge is 2.08. The van der Waals surface area contributed by atoms with Crippen molar-refractivity contribution in [1.29, 1.82) is 0 Å². The van der Waals surface area contributed by atoms with E-state index in [0.29, 0.717) is 22.2 Å². The Morgan fingerprint density at radius 3 is 2.95 bits per heavy atom. The number of carbonyl (C=O) groups excluding carboxylic acids is 1. The Kier molecular flexibility index (Phi) is 3.30. The molecule has 100 valence electrons. The summed E-state index contributed by atoms with van der Waals surface area (Å²) in [6.45, 7) is 0.277. The molecule has 7 heteroatoms. The number of H-pyrrole nitrogens is 1. The van der Waals surface area contributed by atoms with E-state index >= 15 is 0 Å². The van der Waals surface area contributed by atoms with E-state index in [-0.39, 0.29) is 12.5 Å². The average molecular weight is 288 g/mol. The van der Waals surface area contributed by atoms with Gasteiger partial charge in [0.15, 0.2) is 5.65 Å². The SMILES string of the molecule is O=C(NCc1nc2ncccc2[nH]1)c1ccc(Cl)cn1. The van der Waals surface area contributed by atoms with Gasteiger partial charge in [-0.25, -0.2) is 15.0 Å². The molecule has 2 N–H and O–H groups in total. The van der Waals surface area contributed by atoms with Crippen molar-refractivity contribution in [3.63, 3.8) is 0 Å². The van der Waals surface area contributed by atoms with Crippen molar-refractivity contribution in [2.24, 2.45) is 0 Å². The predicted octanol–water partition coefficient (Wildman–Crippen LogP) is 1.94. The van der Waals surface area contributed by atoms with E-state index in [0.717, 1.165) is 5.52 Å². The number of hydrogen-bond acceptors (Lipinski definition) is 4. The van der Waals surface area contributed by atoms with Crippen molar-refractivity contribution < 1.29 is 4.79 Å². The maximum absolute atomic E-state index is 11.9. The molecule has 20 heavy (non-hydrogen) atoms. The molecule has 0 spiro atoms. The van der Waals surface area contributed by atoms with Crippen molar-refractivity contribution in [3.8, 4) is 0 Å². The molecule has 0 aliphatic rings. The molecule has 0 fully saturated rings. The largest absolute Gasteiger partial charge is 0.343 e. The number of amides is 1. The molecule has 1 amide bonds. The smallest absolute Gasteiger partial charge is 0.270 e. The van der Waals surface area contributed by atoms with Crippen LogP contribution in [-0.4, -0.2) is 25.8 Å². The van der Waals surface area contributed by atoms with Crippen molar-refractivity contribution >= 4 is 28.7 Å². The number of pyridine rings is 2. The Hall–Kier alpha value is -2.47. The summed E-state index contributed by atoms with van der Waals surface area (Å²) in [6, 6.07) is 6.88. The van der Waals surface area contributed by atoms with E-state index in [9.17, 15) is 4.79 Å². The Bertz CT molecular complexity index is 720. The summed E-state index contributed by atoms with van der Waals surface area (Å²) >= 11 is 5.72. The van der Waals surface area contributed by atoms with Crippen LogP contribution >= 0.6 is 11.6 Å². The molecule has 0 unspecified atom stereocenters. The lowest BCUT2D eigenvalue weighted by atomic mass is 10.3. The number of rotatable bonds is 3. The van der Waals surface area contributed by atoms with Gasteiger partial charge in [-0.1, -0.05) is 11.6 Å². The summed E-state index contributed by atoms with van der Waals surface area (Å²) in [7, 11) is 0. The number of hydrogen-bond donors (Lipinski definition) is 2. The summed E-state index contributed by atoms with van der Waals surface area (Å²) in [4.78, 5) is 27.3. The lowest BCUT2D eigenvalue weighted by Crippen LogP contribution is -2.24. The molecule has 0 radical (unpaired) electrons. The highest BCUT2D eigenvalue weighted by molar-refractivity contribution is 6.30. The van der Waals surface area contributed by atoms with Gasteiger partial charge in [-0.2, -0.15) is 0 Å². The van der Waals surface area contributed by atoms with Crippen molar-refractivity contribution in [2.45, 2.75) is 6.54 Å². The van der Waals surface area contributed by atoms with Crippen LogP contribution in [0.1, 0.15) is 16.3 Å². The van der Waals surface area contributed by atoms with Gasteiger partial charge in [0.2, 0.25) is 0 Å². The zero-order chi connectivity index (χ0) is 13.9. The van der Waals surface area contributed by atoms with Crippen LogP contribution in [0, 0.1) is 0 Å². The summed E-state index contributed by atoms with van der Waals surface area (Å²) in [6.07, 6.45) is 3.10. The first kappa shape index (κ1) is 12.6.